The van der Waals surface area contributed by atoms with Crippen molar-refractivity contribution in [3.8, 4) is 39.7 Å². The van der Waals surface area contributed by atoms with Gasteiger partial charge in [-0.05, 0) is 56.6 Å². The van der Waals surface area contributed by atoms with E-state index in [1.807, 2.05) is 32.8 Å². The molecule has 206 valence electrons. The number of aromatic amines is 2. The minimum atomic E-state index is -4.84. The van der Waals surface area contributed by atoms with Gasteiger partial charge >= 0.3 is 12.1 Å². The zero-order valence-electron chi connectivity index (χ0n) is 21.9. The smallest absolute Gasteiger partial charge is 0.417 e. The van der Waals surface area contributed by atoms with Crippen LogP contribution in [0.15, 0.2) is 65.6 Å². The third-order valence-corrected chi connectivity index (χ3v) is 5.53. The van der Waals surface area contributed by atoms with Crippen molar-refractivity contribution in [2.75, 3.05) is 27.2 Å². The molecule has 0 bridgehead atoms. The fourth-order valence-electron chi connectivity index (χ4n) is 3.70. The number of carboxylic acids is 1. The number of aromatic nitrogens is 3. The third kappa shape index (κ3) is 7.14. The van der Waals surface area contributed by atoms with E-state index in [1.54, 1.807) is 30.3 Å². The summed E-state index contributed by atoms with van der Waals surface area (Å²) in [6, 6.07) is 12.8. The van der Waals surface area contributed by atoms with Crippen molar-refractivity contribution in [1.29, 1.82) is 0 Å². The predicted octanol–water partition coefficient (Wildman–Crippen LogP) is 5.78. The normalized spacial score (nSPS) is 11.2. The van der Waals surface area contributed by atoms with E-state index in [-0.39, 0.29) is 11.3 Å². The van der Waals surface area contributed by atoms with Crippen LogP contribution < -0.4 is 10.3 Å². The van der Waals surface area contributed by atoms with E-state index >= 15 is 0 Å². The molecule has 0 amide bonds. The lowest BCUT2D eigenvalue weighted by atomic mass is 9.99. The van der Waals surface area contributed by atoms with E-state index in [1.165, 1.54) is 12.3 Å². The number of ether oxygens (including phenoxy) is 1. The number of H-pyrrole nitrogens is 2. The number of nitrogens with zero attached hydrogens (tertiary/aromatic N) is 2. The molecule has 2 heterocycles. The molecule has 4 rings (SSSR count). The summed E-state index contributed by atoms with van der Waals surface area (Å²) in [5.74, 6) is -0.685. The molecule has 0 fully saturated rings. The number of pyridine rings is 1. The van der Waals surface area contributed by atoms with Crippen molar-refractivity contribution in [2.24, 2.45) is 0 Å². The van der Waals surface area contributed by atoms with Gasteiger partial charge in [-0.2, -0.15) is 13.2 Å². The molecular weight excluding hydrogens is 513 g/mol. The quantitative estimate of drug-likeness (QED) is 0.260. The number of rotatable bonds is 8. The van der Waals surface area contributed by atoms with Crippen LogP contribution in [-0.4, -0.2) is 58.2 Å². The van der Waals surface area contributed by atoms with Gasteiger partial charge in [0.2, 0.25) is 5.56 Å². The van der Waals surface area contributed by atoms with Crippen molar-refractivity contribution < 1.29 is 27.8 Å². The summed E-state index contributed by atoms with van der Waals surface area (Å²) in [5.41, 5.74) is -0.774. The first-order chi connectivity index (χ1) is 18.5. The molecular formula is C28H29F3N4O4. The van der Waals surface area contributed by atoms with Crippen LogP contribution in [0.5, 0.6) is 5.75 Å². The largest absolute Gasteiger partial charge is 0.492 e. The number of halogens is 3. The van der Waals surface area contributed by atoms with E-state index in [9.17, 15) is 27.9 Å². The van der Waals surface area contributed by atoms with Gasteiger partial charge in [-0.1, -0.05) is 19.9 Å². The molecule has 0 saturated heterocycles. The summed E-state index contributed by atoms with van der Waals surface area (Å²) in [7, 11) is 3.88. The minimum Gasteiger partial charge on any atom is -0.492 e. The molecule has 8 nitrogen and oxygen atoms in total. The summed E-state index contributed by atoms with van der Waals surface area (Å²) >= 11 is 0. The second kappa shape index (κ2) is 12.4. The molecule has 0 spiro atoms. The maximum atomic E-state index is 13.4. The van der Waals surface area contributed by atoms with Gasteiger partial charge in [-0.25, -0.2) is 9.78 Å². The standard InChI is InChI=1S/C26H23F3N4O4.C2H6/c1-33(2)11-12-37-18-6-3-15(4-7-18)24-31-22(23(32-24)17-9-10-30-21(34)14-17)16-5-8-20(26(27,28)29)19(13-16)25(35)36;1-2/h3-10,13-14H,11-12H2,1-2H3,(H,30,34)(H,31,32)(H,35,36);1-2H3. The van der Waals surface area contributed by atoms with E-state index in [4.69, 9.17) is 4.74 Å². The molecule has 0 unspecified atom stereocenters. The molecule has 39 heavy (non-hydrogen) atoms. The number of carboxylic acid groups (broad SMARTS) is 1. The Hall–Kier alpha value is -4.38. The molecule has 4 aromatic rings. The number of hydrogen-bond donors (Lipinski definition) is 3. The van der Waals surface area contributed by atoms with Crippen LogP contribution in [0.1, 0.15) is 29.8 Å². The van der Waals surface area contributed by atoms with E-state index < -0.39 is 28.8 Å². The Bertz CT molecular complexity index is 1480. The first kappa shape index (κ1) is 29.2. The first-order valence-corrected chi connectivity index (χ1v) is 12.1. The number of carbonyl (C=O) groups is 1. The third-order valence-electron chi connectivity index (χ3n) is 5.53. The highest BCUT2D eigenvalue weighted by molar-refractivity contribution is 5.92. The van der Waals surface area contributed by atoms with Crippen LogP contribution in [0.2, 0.25) is 0 Å². The Morgan fingerprint density at radius 1 is 1.00 bits per heavy atom. The van der Waals surface area contributed by atoms with Gasteiger partial charge < -0.3 is 24.7 Å². The molecule has 0 radical (unpaired) electrons. The molecule has 0 atom stereocenters. The number of likely N-dealkylation sites (N-methyl/N-ethyl adjacent to an activating group) is 1. The van der Waals surface area contributed by atoms with Crippen LogP contribution in [-0.2, 0) is 6.18 Å². The van der Waals surface area contributed by atoms with Crippen molar-refractivity contribution in [2.45, 2.75) is 20.0 Å². The summed E-state index contributed by atoms with van der Waals surface area (Å²) in [6.07, 6.45) is -3.41. The van der Waals surface area contributed by atoms with Gasteiger partial charge in [-0.15, -0.1) is 0 Å². The second-order valence-electron chi connectivity index (χ2n) is 8.49. The number of imidazole rings is 1. The van der Waals surface area contributed by atoms with Gasteiger partial charge in [0.1, 0.15) is 18.2 Å². The molecule has 0 saturated carbocycles. The topological polar surface area (TPSA) is 111 Å². The van der Waals surface area contributed by atoms with E-state index in [2.05, 4.69) is 15.0 Å². The Balaban J connectivity index is 0.00000205. The van der Waals surface area contributed by atoms with Crippen LogP contribution in [0.25, 0.3) is 33.9 Å². The lowest BCUT2D eigenvalue weighted by molar-refractivity contribution is -0.138. The van der Waals surface area contributed by atoms with Gasteiger partial charge in [-0.3, -0.25) is 4.79 Å². The van der Waals surface area contributed by atoms with Gasteiger partial charge in [0, 0.05) is 35.5 Å². The molecule has 0 aliphatic heterocycles. The van der Waals surface area contributed by atoms with E-state index in [0.717, 1.165) is 18.7 Å². The minimum absolute atomic E-state index is 0.145. The fraction of sp³-hybridized carbons (Fsp3) is 0.250. The summed E-state index contributed by atoms with van der Waals surface area (Å²) < 4.78 is 45.8. The number of nitrogens with one attached hydrogen (secondary N) is 2. The average molecular weight is 543 g/mol. The average Bonchev–Trinajstić information content (AvgIpc) is 3.35. The molecule has 0 aliphatic rings. The number of hydrogen-bond acceptors (Lipinski definition) is 5. The number of aromatic carboxylic acids is 1. The molecule has 2 aromatic heterocycles. The zero-order valence-corrected chi connectivity index (χ0v) is 21.9. The maximum absolute atomic E-state index is 13.4. The summed E-state index contributed by atoms with van der Waals surface area (Å²) in [5, 5.41) is 9.44. The van der Waals surface area contributed by atoms with Crippen LogP contribution >= 0.6 is 0 Å². The maximum Gasteiger partial charge on any atom is 0.417 e. The molecule has 3 N–H and O–H groups in total. The molecule has 0 aliphatic carbocycles. The summed E-state index contributed by atoms with van der Waals surface area (Å²) in [4.78, 5) is 35.8. The Kier molecular flexibility index (Phi) is 9.31. The highest BCUT2D eigenvalue weighted by Gasteiger charge is 2.35. The second-order valence-corrected chi connectivity index (χ2v) is 8.49. The zero-order chi connectivity index (χ0) is 28.7. The monoisotopic (exact) mass is 542 g/mol. The Morgan fingerprint density at radius 2 is 1.67 bits per heavy atom. The Labute approximate surface area is 223 Å². The van der Waals surface area contributed by atoms with Gasteiger partial charge in [0.25, 0.3) is 0 Å². The van der Waals surface area contributed by atoms with Crippen LogP contribution in [0.3, 0.4) is 0 Å². The highest BCUT2D eigenvalue weighted by Crippen LogP contribution is 2.37. The molecule has 2 aromatic carbocycles. The Morgan fingerprint density at radius 3 is 2.26 bits per heavy atom. The van der Waals surface area contributed by atoms with Gasteiger partial charge in [0.05, 0.1) is 22.5 Å². The predicted molar refractivity (Wildman–Crippen MR) is 143 cm³/mol. The van der Waals surface area contributed by atoms with Gasteiger partial charge in [0.15, 0.2) is 0 Å². The fourth-order valence-corrected chi connectivity index (χ4v) is 3.70. The summed E-state index contributed by atoms with van der Waals surface area (Å²) in [6.45, 7) is 5.25. The first-order valence-electron chi connectivity index (χ1n) is 12.1. The van der Waals surface area contributed by atoms with Crippen molar-refractivity contribution in [1.82, 2.24) is 19.9 Å². The van der Waals surface area contributed by atoms with Crippen LogP contribution in [0.4, 0.5) is 13.2 Å². The number of benzene rings is 2. The van der Waals surface area contributed by atoms with Crippen molar-refractivity contribution in [3.63, 3.8) is 0 Å². The van der Waals surface area contributed by atoms with Crippen LogP contribution in [0, 0.1) is 0 Å². The van der Waals surface area contributed by atoms with E-state index in [0.29, 0.717) is 41.1 Å². The number of alkyl halides is 3. The van der Waals surface area contributed by atoms with Crippen molar-refractivity contribution in [3.05, 3.63) is 82.3 Å². The van der Waals surface area contributed by atoms with Crippen molar-refractivity contribution >= 4 is 5.97 Å². The SMILES string of the molecule is CC.CN(C)CCOc1ccc(-c2nc(-c3ccc(C(F)(F)F)c(C(=O)O)c3)c(-c3cc[nH]c(=O)c3)[nH]2)cc1. The molecule has 11 heteroatoms. The highest BCUT2D eigenvalue weighted by atomic mass is 19.4. The lowest BCUT2D eigenvalue weighted by Gasteiger charge is -2.12. The lowest BCUT2D eigenvalue weighted by Crippen LogP contribution is -2.19.